The number of rotatable bonds is 4. The highest BCUT2D eigenvalue weighted by molar-refractivity contribution is 8.00. The topological polar surface area (TPSA) is 93.3 Å². The molecule has 0 aliphatic carbocycles. The Morgan fingerprint density at radius 1 is 1.30 bits per heavy atom. The zero-order valence-electron chi connectivity index (χ0n) is 12.4. The number of ether oxygens (including phenoxy) is 2. The molecule has 1 aromatic heterocycles. The van der Waals surface area contributed by atoms with E-state index in [0.29, 0.717) is 35.6 Å². The number of amides is 1. The number of thioether (sulfide) groups is 1. The van der Waals surface area contributed by atoms with Crippen LogP contribution in [0.2, 0.25) is 0 Å². The van der Waals surface area contributed by atoms with Crippen molar-refractivity contribution in [1.82, 2.24) is 9.97 Å². The number of aromatic amines is 1. The third-order valence-electron chi connectivity index (χ3n) is 3.12. The number of nitrogens with zero attached hydrogens (tertiary/aromatic N) is 1. The Bertz CT molecular complexity index is 777. The molecule has 0 fully saturated rings. The van der Waals surface area contributed by atoms with Crippen LogP contribution in [0.5, 0.6) is 11.5 Å². The fraction of sp³-hybridized carbons (Fsp3) is 0.267. The van der Waals surface area contributed by atoms with Gasteiger partial charge in [0.25, 0.3) is 5.56 Å². The standard InChI is InChI=1S/C15H15N3O4S/c1-9(23-15-16-5-4-13(19)18-15)14(20)17-10-2-3-11-12(8-10)22-7-6-21-11/h2-5,8-9H,6-7H2,1H3,(H,17,20)(H,16,18,19)/t9-/m1/s1. The molecule has 0 spiro atoms. The maximum Gasteiger partial charge on any atom is 0.251 e. The third-order valence-corrected chi connectivity index (χ3v) is 4.11. The normalized spacial score (nSPS) is 14.1. The molecule has 2 heterocycles. The van der Waals surface area contributed by atoms with Gasteiger partial charge in [0.2, 0.25) is 5.91 Å². The van der Waals surface area contributed by atoms with Gasteiger partial charge in [-0.1, -0.05) is 11.8 Å². The van der Waals surface area contributed by atoms with Crippen LogP contribution in [0.1, 0.15) is 6.92 Å². The number of fused-ring (bicyclic) bond motifs is 1. The maximum atomic E-state index is 12.2. The van der Waals surface area contributed by atoms with Crippen LogP contribution in [0.4, 0.5) is 5.69 Å². The maximum absolute atomic E-state index is 12.2. The van der Waals surface area contributed by atoms with Gasteiger partial charge in [0.1, 0.15) is 13.2 Å². The van der Waals surface area contributed by atoms with Gasteiger partial charge in [-0.3, -0.25) is 9.59 Å². The van der Waals surface area contributed by atoms with Crippen molar-refractivity contribution in [2.75, 3.05) is 18.5 Å². The van der Waals surface area contributed by atoms with Crippen LogP contribution in [0.25, 0.3) is 0 Å². The Balaban J connectivity index is 1.65. The van der Waals surface area contributed by atoms with Crippen LogP contribution in [-0.4, -0.2) is 34.3 Å². The lowest BCUT2D eigenvalue weighted by atomic mass is 10.2. The first-order valence-corrected chi connectivity index (χ1v) is 7.92. The second-order valence-electron chi connectivity index (χ2n) is 4.85. The van der Waals surface area contributed by atoms with Crippen molar-refractivity contribution < 1.29 is 14.3 Å². The van der Waals surface area contributed by atoms with Crippen LogP contribution < -0.4 is 20.3 Å². The summed E-state index contributed by atoms with van der Waals surface area (Å²) in [6, 6.07) is 6.57. The third kappa shape index (κ3) is 3.84. The summed E-state index contributed by atoms with van der Waals surface area (Å²) < 4.78 is 10.9. The summed E-state index contributed by atoms with van der Waals surface area (Å²) in [5, 5.41) is 2.79. The van der Waals surface area contributed by atoms with E-state index in [-0.39, 0.29) is 11.5 Å². The van der Waals surface area contributed by atoms with Gasteiger partial charge in [-0.2, -0.15) is 0 Å². The average Bonchev–Trinajstić information content (AvgIpc) is 2.54. The summed E-state index contributed by atoms with van der Waals surface area (Å²) >= 11 is 1.18. The highest BCUT2D eigenvalue weighted by atomic mass is 32.2. The fourth-order valence-electron chi connectivity index (χ4n) is 2.00. The number of carbonyl (C=O) groups is 1. The molecule has 0 saturated heterocycles. The predicted molar refractivity (Wildman–Crippen MR) is 86.2 cm³/mol. The van der Waals surface area contributed by atoms with Gasteiger partial charge in [0.05, 0.1) is 5.25 Å². The van der Waals surface area contributed by atoms with E-state index in [1.807, 2.05) is 0 Å². The summed E-state index contributed by atoms with van der Waals surface area (Å²) in [6.45, 7) is 2.75. The number of anilines is 1. The Labute approximate surface area is 136 Å². The van der Waals surface area contributed by atoms with Crippen molar-refractivity contribution in [2.24, 2.45) is 0 Å². The van der Waals surface area contributed by atoms with E-state index in [9.17, 15) is 9.59 Å². The van der Waals surface area contributed by atoms with Gasteiger partial charge in [-0.15, -0.1) is 0 Å². The molecule has 0 unspecified atom stereocenters. The number of aromatic nitrogens is 2. The van der Waals surface area contributed by atoms with Crippen molar-refractivity contribution in [1.29, 1.82) is 0 Å². The van der Waals surface area contributed by atoms with Gasteiger partial charge < -0.3 is 19.8 Å². The highest BCUT2D eigenvalue weighted by Crippen LogP contribution is 2.32. The SMILES string of the molecule is C[C@@H](Sc1nccc(=O)[nH]1)C(=O)Nc1ccc2c(c1)OCCO2. The molecule has 23 heavy (non-hydrogen) atoms. The van der Waals surface area contributed by atoms with Gasteiger partial charge in [0.15, 0.2) is 16.7 Å². The predicted octanol–water partition coefficient (Wildman–Crippen LogP) is 1.66. The van der Waals surface area contributed by atoms with Crippen molar-refractivity contribution in [3.05, 3.63) is 40.8 Å². The summed E-state index contributed by atoms with van der Waals surface area (Å²) in [5.74, 6) is 1.09. The second-order valence-corrected chi connectivity index (χ2v) is 6.18. The van der Waals surface area contributed by atoms with E-state index >= 15 is 0 Å². The summed E-state index contributed by atoms with van der Waals surface area (Å²) in [4.78, 5) is 30.1. The Hall–Kier alpha value is -2.48. The van der Waals surface area contributed by atoms with Crippen LogP contribution in [0.15, 0.2) is 40.4 Å². The van der Waals surface area contributed by atoms with Crippen LogP contribution >= 0.6 is 11.8 Å². The van der Waals surface area contributed by atoms with E-state index in [2.05, 4.69) is 15.3 Å². The number of nitrogens with one attached hydrogen (secondary N) is 2. The van der Waals surface area contributed by atoms with Crippen molar-refractivity contribution in [2.45, 2.75) is 17.3 Å². The number of hydrogen-bond donors (Lipinski definition) is 2. The summed E-state index contributed by atoms with van der Waals surface area (Å²) in [7, 11) is 0. The van der Waals surface area contributed by atoms with E-state index in [0.717, 1.165) is 0 Å². The molecule has 1 aliphatic heterocycles. The molecule has 1 aromatic carbocycles. The fourth-order valence-corrected chi connectivity index (χ4v) is 2.78. The van der Waals surface area contributed by atoms with E-state index in [4.69, 9.17) is 9.47 Å². The van der Waals surface area contributed by atoms with E-state index < -0.39 is 5.25 Å². The number of benzene rings is 1. The monoisotopic (exact) mass is 333 g/mol. The molecule has 1 atom stereocenters. The Kier molecular flexibility index (Phi) is 4.52. The zero-order valence-corrected chi connectivity index (χ0v) is 13.2. The minimum absolute atomic E-state index is 0.196. The van der Waals surface area contributed by atoms with Gasteiger partial charge >= 0.3 is 0 Å². The van der Waals surface area contributed by atoms with Crippen molar-refractivity contribution in [3.63, 3.8) is 0 Å². The van der Waals surface area contributed by atoms with Crippen LogP contribution in [0.3, 0.4) is 0 Å². The average molecular weight is 333 g/mol. The van der Waals surface area contributed by atoms with Crippen LogP contribution in [0, 0.1) is 0 Å². The molecule has 3 rings (SSSR count). The number of hydrogen-bond acceptors (Lipinski definition) is 6. The van der Waals surface area contributed by atoms with Crippen molar-refractivity contribution in [3.8, 4) is 11.5 Å². The molecule has 120 valence electrons. The quantitative estimate of drug-likeness (QED) is 0.653. The lowest BCUT2D eigenvalue weighted by Crippen LogP contribution is -2.23. The largest absolute Gasteiger partial charge is 0.486 e. The molecule has 2 N–H and O–H groups in total. The molecule has 1 amide bonds. The van der Waals surface area contributed by atoms with Gasteiger partial charge in [-0.05, 0) is 19.1 Å². The molecular formula is C15H15N3O4S. The molecule has 0 bridgehead atoms. The molecule has 2 aromatic rings. The molecule has 0 saturated carbocycles. The molecule has 8 heteroatoms. The Morgan fingerprint density at radius 2 is 2.09 bits per heavy atom. The number of H-pyrrole nitrogens is 1. The smallest absolute Gasteiger partial charge is 0.251 e. The molecule has 7 nitrogen and oxygen atoms in total. The lowest BCUT2D eigenvalue weighted by Gasteiger charge is -2.19. The zero-order chi connectivity index (χ0) is 16.2. The Morgan fingerprint density at radius 3 is 2.87 bits per heavy atom. The minimum Gasteiger partial charge on any atom is -0.486 e. The van der Waals surface area contributed by atoms with Gasteiger partial charge in [-0.25, -0.2) is 4.98 Å². The highest BCUT2D eigenvalue weighted by Gasteiger charge is 2.17. The van der Waals surface area contributed by atoms with Crippen LogP contribution in [-0.2, 0) is 4.79 Å². The van der Waals surface area contributed by atoms with Gasteiger partial charge in [0, 0.05) is 24.0 Å². The number of carbonyl (C=O) groups excluding carboxylic acids is 1. The molecule has 0 radical (unpaired) electrons. The van der Waals surface area contributed by atoms with E-state index in [1.54, 1.807) is 25.1 Å². The first-order chi connectivity index (χ1) is 11.1. The first kappa shape index (κ1) is 15.4. The summed E-state index contributed by atoms with van der Waals surface area (Å²) in [5.41, 5.74) is 0.378. The molecular weight excluding hydrogens is 318 g/mol. The van der Waals surface area contributed by atoms with Crippen molar-refractivity contribution >= 4 is 23.4 Å². The minimum atomic E-state index is -0.422. The summed E-state index contributed by atoms with van der Waals surface area (Å²) in [6.07, 6.45) is 1.41. The van der Waals surface area contributed by atoms with E-state index in [1.165, 1.54) is 24.0 Å². The molecule has 1 aliphatic rings. The second kappa shape index (κ2) is 6.74. The first-order valence-electron chi connectivity index (χ1n) is 7.04. The lowest BCUT2D eigenvalue weighted by molar-refractivity contribution is -0.115.